The van der Waals surface area contributed by atoms with Gasteiger partial charge in [-0.2, -0.15) is 9.57 Å². The number of nitriles is 1. The quantitative estimate of drug-likeness (QED) is 0.816. The van der Waals surface area contributed by atoms with Crippen LogP contribution < -0.4 is 0 Å². The van der Waals surface area contributed by atoms with Gasteiger partial charge in [-0.1, -0.05) is 34.8 Å². The highest BCUT2D eigenvalue weighted by atomic mass is 35.5. The van der Waals surface area contributed by atoms with Crippen molar-refractivity contribution in [2.45, 2.75) is 17.7 Å². The van der Waals surface area contributed by atoms with Gasteiger partial charge in [0.05, 0.1) is 16.1 Å². The lowest BCUT2D eigenvalue weighted by molar-refractivity contribution is 0.310. The van der Waals surface area contributed by atoms with Crippen molar-refractivity contribution in [3.8, 4) is 6.07 Å². The molecular formula is C12H11Cl3N2O2S. The Morgan fingerprint density at radius 2 is 1.65 bits per heavy atom. The smallest absolute Gasteiger partial charge is 0.207 e. The molecule has 1 aromatic carbocycles. The number of nitrogens with zero attached hydrogens (tertiary/aromatic N) is 2. The summed E-state index contributed by atoms with van der Waals surface area (Å²) in [7, 11) is -3.77. The highest BCUT2D eigenvalue weighted by Gasteiger charge is 2.32. The minimum Gasteiger partial charge on any atom is -0.207 e. The second-order valence-electron chi connectivity index (χ2n) is 4.51. The summed E-state index contributed by atoms with van der Waals surface area (Å²) in [6.07, 6.45) is 1.02. The Bertz CT molecular complexity index is 639. The van der Waals surface area contributed by atoms with Crippen LogP contribution in [0.5, 0.6) is 0 Å². The topological polar surface area (TPSA) is 61.2 Å². The van der Waals surface area contributed by atoms with Crippen molar-refractivity contribution in [1.82, 2.24) is 4.31 Å². The predicted octanol–water partition coefficient (Wildman–Crippen LogP) is 3.57. The van der Waals surface area contributed by atoms with Crippen molar-refractivity contribution in [2.75, 3.05) is 13.1 Å². The summed E-state index contributed by atoms with van der Waals surface area (Å²) in [6, 6.07) is 4.86. The molecule has 0 spiro atoms. The van der Waals surface area contributed by atoms with Crippen molar-refractivity contribution in [2.24, 2.45) is 5.92 Å². The summed E-state index contributed by atoms with van der Waals surface area (Å²) in [5, 5.41) is 9.13. The Hall–Kier alpha value is -0.510. The highest BCUT2D eigenvalue weighted by molar-refractivity contribution is 7.89. The van der Waals surface area contributed by atoms with E-state index >= 15 is 0 Å². The van der Waals surface area contributed by atoms with Crippen molar-refractivity contribution in [3.05, 3.63) is 27.2 Å². The number of halogens is 3. The van der Waals surface area contributed by atoms with Crippen LogP contribution in [0.1, 0.15) is 12.8 Å². The van der Waals surface area contributed by atoms with Crippen LogP contribution in [0.3, 0.4) is 0 Å². The number of rotatable bonds is 2. The molecule has 4 nitrogen and oxygen atoms in total. The number of hydrogen-bond donors (Lipinski definition) is 0. The molecule has 0 saturated carbocycles. The first-order valence-corrected chi connectivity index (χ1v) is 8.48. The molecule has 0 radical (unpaired) electrons. The average Bonchev–Trinajstić information content (AvgIpc) is 2.37. The maximum absolute atomic E-state index is 12.6. The summed E-state index contributed by atoms with van der Waals surface area (Å²) in [5.74, 6) is -0.0994. The molecule has 1 aromatic rings. The summed E-state index contributed by atoms with van der Waals surface area (Å²) < 4.78 is 26.4. The molecule has 1 aliphatic heterocycles. The van der Waals surface area contributed by atoms with E-state index in [1.807, 2.05) is 0 Å². The lowest BCUT2D eigenvalue weighted by atomic mass is 10.0. The van der Waals surface area contributed by atoms with E-state index in [-0.39, 0.29) is 39.0 Å². The Morgan fingerprint density at radius 3 is 2.10 bits per heavy atom. The van der Waals surface area contributed by atoms with Gasteiger partial charge in [-0.25, -0.2) is 8.42 Å². The van der Waals surface area contributed by atoms with Gasteiger partial charge in [-0.3, -0.25) is 0 Å². The average molecular weight is 354 g/mol. The molecule has 20 heavy (non-hydrogen) atoms. The molecule has 0 N–H and O–H groups in total. The van der Waals surface area contributed by atoms with Crippen molar-refractivity contribution < 1.29 is 8.42 Å². The second kappa shape index (κ2) is 6.08. The fourth-order valence-electron chi connectivity index (χ4n) is 2.13. The van der Waals surface area contributed by atoms with E-state index in [9.17, 15) is 8.42 Å². The fraction of sp³-hybridized carbons (Fsp3) is 0.417. The van der Waals surface area contributed by atoms with E-state index in [1.165, 1.54) is 16.4 Å². The third-order valence-electron chi connectivity index (χ3n) is 3.20. The molecule has 1 saturated heterocycles. The van der Waals surface area contributed by atoms with Crippen LogP contribution in [-0.4, -0.2) is 25.8 Å². The van der Waals surface area contributed by atoms with Crippen molar-refractivity contribution >= 4 is 44.8 Å². The minimum atomic E-state index is -3.77. The zero-order valence-corrected chi connectivity index (χ0v) is 13.4. The molecule has 1 aliphatic rings. The van der Waals surface area contributed by atoms with Crippen molar-refractivity contribution in [1.29, 1.82) is 5.26 Å². The van der Waals surface area contributed by atoms with E-state index in [0.29, 0.717) is 12.8 Å². The molecule has 0 amide bonds. The van der Waals surface area contributed by atoms with Gasteiger partial charge >= 0.3 is 0 Å². The molecule has 0 aromatic heterocycles. The Kier molecular flexibility index (Phi) is 4.83. The van der Waals surface area contributed by atoms with Gasteiger partial charge in [0.25, 0.3) is 0 Å². The van der Waals surface area contributed by atoms with Crippen molar-refractivity contribution in [3.63, 3.8) is 0 Å². The van der Waals surface area contributed by atoms with Gasteiger partial charge < -0.3 is 0 Å². The molecular weight excluding hydrogens is 343 g/mol. The highest BCUT2D eigenvalue weighted by Crippen LogP contribution is 2.35. The molecule has 0 unspecified atom stereocenters. The molecule has 0 aliphatic carbocycles. The van der Waals surface area contributed by atoms with Gasteiger partial charge in [-0.05, 0) is 25.0 Å². The molecule has 8 heteroatoms. The third-order valence-corrected chi connectivity index (χ3v) is 6.24. The van der Waals surface area contributed by atoms with E-state index in [2.05, 4.69) is 6.07 Å². The van der Waals surface area contributed by atoms with Crippen LogP contribution in [0, 0.1) is 17.2 Å². The summed E-state index contributed by atoms with van der Waals surface area (Å²) >= 11 is 17.7. The van der Waals surface area contributed by atoms with Gasteiger partial charge in [0.1, 0.15) is 4.90 Å². The zero-order valence-electron chi connectivity index (χ0n) is 10.3. The lowest BCUT2D eigenvalue weighted by Crippen LogP contribution is -2.38. The maximum atomic E-state index is 12.6. The summed E-state index contributed by atoms with van der Waals surface area (Å²) in [5.41, 5.74) is 0. The van der Waals surface area contributed by atoms with E-state index in [0.717, 1.165) is 0 Å². The van der Waals surface area contributed by atoms with Crippen LogP contribution >= 0.6 is 34.8 Å². The van der Waals surface area contributed by atoms with Gasteiger partial charge in [0, 0.05) is 24.0 Å². The first kappa shape index (κ1) is 15.9. The Morgan fingerprint density at radius 1 is 1.15 bits per heavy atom. The van der Waals surface area contributed by atoms with Crippen LogP contribution in [0.25, 0.3) is 0 Å². The van der Waals surface area contributed by atoms with Gasteiger partial charge in [0.2, 0.25) is 10.0 Å². The normalized spacial score (nSPS) is 17.9. The predicted molar refractivity (Wildman–Crippen MR) is 78.6 cm³/mol. The number of benzene rings is 1. The first-order valence-electron chi connectivity index (χ1n) is 5.90. The molecule has 108 valence electrons. The largest absolute Gasteiger partial charge is 0.246 e. The van der Waals surface area contributed by atoms with E-state index in [1.54, 1.807) is 0 Å². The van der Waals surface area contributed by atoms with Crippen LogP contribution in [0.4, 0.5) is 0 Å². The third kappa shape index (κ3) is 3.05. The van der Waals surface area contributed by atoms with Crippen LogP contribution in [0.2, 0.25) is 15.1 Å². The summed E-state index contributed by atoms with van der Waals surface area (Å²) in [6.45, 7) is 0.575. The first-order chi connectivity index (χ1) is 9.36. The number of piperidine rings is 1. The summed E-state index contributed by atoms with van der Waals surface area (Å²) in [4.78, 5) is -0.124. The van der Waals surface area contributed by atoms with Crippen LogP contribution in [-0.2, 0) is 10.0 Å². The number of sulfonamides is 1. The fourth-order valence-corrected chi connectivity index (χ4v) is 5.09. The van der Waals surface area contributed by atoms with Gasteiger partial charge in [-0.15, -0.1) is 0 Å². The van der Waals surface area contributed by atoms with E-state index < -0.39 is 10.0 Å². The molecule has 0 atom stereocenters. The number of hydrogen-bond acceptors (Lipinski definition) is 3. The molecule has 1 fully saturated rings. The molecule has 2 rings (SSSR count). The Labute approximate surface area is 132 Å². The SMILES string of the molecule is N#CC1CCN(S(=O)(=O)c2c(Cl)cc(Cl)cc2Cl)CC1. The molecule has 0 bridgehead atoms. The Balaban J connectivity index is 2.35. The second-order valence-corrected chi connectivity index (χ2v) is 7.63. The zero-order chi connectivity index (χ0) is 14.9. The molecule has 1 heterocycles. The monoisotopic (exact) mass is 352 g/mol. The maximum Gasteiger partial charge on any atom is 0.246 e. The van der Waals surface area contributed by atoms with E-state index in [4.69, 9.17) is 40.1 Å². The van der Waals surface area contributed by atoms with Gasteiger partial charge in [0.15, 0.2) is 0 Å². The minimum absolute atomic E-state index is 0.00454. The lowest BCUT2D eigenvalue weighted by Gasteiger charge is -2.28. The standard InChI is InChI=1S/C12H11Cl3N2O2S/c13-9-5-10(14)12(11(15)6-9)20(18,19)17-3-1-8(7-16)2-4-17/h5-6,8H,1-4H2. The van der Waals surface area contributed by atoms with Crippen LogP contribution in [0.15, 0.2) is 17.0 Å².